The number of hydrogen-bond acceptors (Lipinski definition) is 3. The molecule has 0 unspecified atom stereocenters. The molecule has 1 heterocycles. The predicted molar refractivity (Wildman–Crippen MR) is 99.3 cm³/mol. The topological polar surface area (TPSA) is 58.6 Å². The molecule has 1 saturated heterocycles. The van der Waals surface area contributed by atoms with Crippen molar-refractivity contribution in [3.63, 3.8) is 0 Å². The molecular weight excluding hydrogens is 363 g/mol. The summed E-state index contributed by atoms with van der Waals surface area (Å²) in [5.41, 5.74) is 1.88. The Morgan fingerprint density at radius 3 is 2.68 bits per heavy atom. The van der Waals surface area contributed by atoms with Crippen molar-refractivity contribution in [1.82, 2.24) is 0 Å². The lowest BCUT2D eigenvalue weighted by Gasteiger charge is -2.17. The van der Waals surface area contributed by atoms with Crippen LogP contribution in [0.5, 0.6) is 0 Å². The van der Waals surface area contributed by atoms with Crippen LogP contribution in [0.1, 0.15) is 5.56 Å². The van der Waals surface area contributed by atoms with Crippen molar-refractivity contribution in [2.75, 3.05) is 23.4 Å². The Balaban J connectivity index is 1.74. The van der Waals surface area contributed by atoms with Crippen LogP contribution in [0.4, 0.5) is 16.2 Å². The van der Waals surface area contributed by atoms with Crippen LogP contribution in [-0.4, -0.2) is 25.2 Å². The lowest BCUT2D eigenvalue weighted by molar-refractivity contribution is -0.111. The van der Waals surface area contributed by atoms with Crippen molar-refractivity contribution >= 4 is 52.7 Å². The zero-order valence-electron chi connectivity index (χ0n) is 13.0. The van der Waals surface area contributed by atoms with Crippen LogP contribution in [-0.2, 0) is 9.53 Å². The molecule has 2 aromatic carbocycles. The molecule has 0 aliphatic carbocycles. The van der Waals surface area contributed by atoms with E-state index in [-0.39, 0.29) is 5.91 Å². The van der Waals surface area contributed by atoms with Crippen LogP contribution in [0.2, 0.25) is 10.0 Å². The fourth-order valence-electron chi connectivity index (χ4n) is 2.39. The molecule has 1 aliphatic rings. The van der Waals surface area contributed by atoms with Crippen molar-refractivity contribution in [1.29, 1.82) is 0 Å². The smallest absolute Gasteiger partial charge is 0.414 e. The second-order valence-electron chi connectivity index (χ2n) is 5.28. The number of cyclic esters (lactones) is 1. The first-order valence-electron chi connectivity index (χ1n) is 7.52. The highest BCUT2D eigenvalue weighted by Gasteiger charge is 2.25. The van der Waals surface area contributed by atoms with Gasteiger partial charge in [-0.2, -0.15) is 0 Å². The first-order chi connectivity index (χ1) is 12.0. The molecule has 25 heavy (non-hydrogen) atoms. The second kappa shape index (κ2) is 7.59. The standard InChI is InChI=1S/C18H14Cl2N2O3/c19-13-7-5-12(11-14(13)20)6-8-17(23)21-15-3-1-2-4-16(15)22-9-10-25-18(22)24/h1-8,11H,9-10H2,(H,21,23)/b8-6+. The minimum atomic E-state index is -0.423. The molecule has 0 saturated carbocycles. The van der Waals surface area contributed by atoms with E-state index in [0.717, 1.165) is 5.56 Å². The SMILES string of the molecule is O=C(/C=C/c1ccc(Cl)c(Cl)c1)Nc1ccccc1N1CCOC1=O. The van der Waals surface area contributed by atoms with Crippen molar-refractivity contribution < 1.29 is 14.3 Å². The third-order valence-electron chi connectivity index (χ3n) is 3.58. The van der Waals surface area contributed by atoms with Crippen molar-refractivity contribution in [2.24, 2.45) is 0 Å². The number of nitrogens with zero attached hydrogens (tertiary/aromatic N) is 1. The van der Waals surface area contributed by atoms with E-state index >= 15 is 0 Å². The van der Waals surface area contributed by atoms with Crippen LogP contribution >= 0.6 is 23.2 Å². The van der Waals surface area contributed by atoms with E-state index in [9.17, 15) is 9.59 Å². The highest BCUT2D eigenvalue weighted by molar-refractivity contribution is 6.42. The van der Waals surface area contributed by atoms with Gasteiger partial charge in [0.05, 0.1) is 28.0 Å². The molecule has 5 nitrogen and oxygen atoms in total. The molecule has 0 spiro atoms. The number of hydrogen-bond donors (Lipinski definition) is 1. The number of ether oxygens (including phenoxy) is 1. The molecule has 0 radical (unpaired) electrons. The number of amides is 2. The molecule has 128 valence electrons. The number of rotatable bonds is 4. The maximum atomic E-state index is 12.2. The Bertz CT molecular complexity index is 852. The van der Waals surface area contributed by atoms with Gasteiger partial charge in [0.1, 0.15) is 6.61 Å². The van der Waals surface area contributed by atoms with Crippen LogP contribution < -0.4 is 10.2 Å². The highest BCUT2D eigenvalue weighted by atomic mass is 35.5. The molecule has 1 N–H and O–H groups in total. The Morgan fingerprint density at radius 2 is 1.96 bits per heavy atom. The maximum absolute atomic E-state index is 12.2. The van der Waals surface area contributed by atoms with Gasteiger partial charge in [-0.3, -0.25) is 9.69 Å². The van der Waals surface area contributed by atoms with Gasteiger partial charge >= 0.3 is 6.09 Å². The summed E-state index contributed by atoms with van der Waals surface area (Å²) in [7, 11) is 0. The lowest BCUT2D eigenvalue weighted by Crippen LogP contribution is -2.25. The summed E-state index contributed by atoms with van der Waals surface area (Å²) in [4.78, 5) is 25.4. The zero-order valence-corrected chi connectivity index (χ0v) is 14.6. The molecule has 2 amide bonds. The van der Waals surface area contributed by atoms with Gasteiger partial charge in [-0.1, -0.05) is 41.4 Å². The number of carbonyl (C=O) groups is 2. The molecule has 3 rings (SSSR count). The molecular formula is C18H14Cl2N2O3. The van der Waals surface area contributed by atoms with Crippen molar-refractivity contribution in [3.05, 3.63) is 64.1 Å². The van der Waals surface area contributed by atoms with Gasteiger partial charge in [-0.25, -0.2) is 4.79 Å². The molecule has 0 aromatic heterocycles. The number of halogens is 2. The van der Waals surface area contributed by atoms with Gasteiger partial charge in [0, 0.05) is 6.08 Å². The first-order valence-corrected chi connectivity index (χ1v) is 8.27. The van der Waals surface area contributed by atoms with Crippen molar-refractivity contribution in [2.45, 2.75) is 0 Å². The summed E-state index contributed by atoms with van der Waals surface area (Å²) in [6.45, 7) is 0.781. The summed E-state index contributed by atoms with van der Waals surface area (Å²) in [6.07, 6.45) is 2.59. The zero-order chi connectivity index (χ0) is 17.8. The Hall–Kier alpha value is -2.50. The van der Waals surface area contributed by atoms with E-state index in [1.165, 1.54) is 11.0 Å². The first kappa shape index (κ1) is 17.3. The van der Waals surface area contributed by atoms with Gasteiger partial charge in [-0.15, -0.1) is 0 Å². The fraction of sp³-hybridized carbons (Fsp3) is 0.111. The number of anilines is 2. The summed E-state index contributed by atoms with van der Waals surface area (Å²) in [6, 6.07) is 12.1. The van der Waals surface area contributed by atoms with E-state index in [0.29, 0.717) is 34.6 Å². The van der Waals surface area contributed by atoms with Crippen LogP contribution in [0.25, 0.3) is 6.08 Å². The predicted octanol–water partition coefficient (Wildman–Crippen LogP) is 4.60. The third kappa shape index (κ3) is 4.13. The Morgan fingerprint density at radius 1 is 1.16 bits per heavy atom. The molecule has 0 atom stereocenters. The number of nitrogens with one attached hydrogen (secondary N) is 1. The average molecular weight is 377 g/mol. The van der Waals surface area contributed by atoms with Crippen LogP contribution in [0, 0.1) is 0 Å². The van der Waals surface area contributed by atoms with Gasteiger partial charge in [0.25, 0.3) is 0 Å². The van der Waals surface area contributed by atoms with E-state index in [4.69, 9.17) is 27.9 Å². The Kier molecular flexibility index (Phi) is 5.26. The molecule has 7 heteroatoms. The molecule has 0 bridgehead atoms. The normalized spacial score (nSPS) is 14.0. The summed E-state index contributed by atoms with van der Waals surface area (Å²) in [5, 5.41) is 3.64. The number of benzene rings is 2. The van der Waals surface area contributed by atoms with E-state index < -0.39 is 6.09 Å². The van der Waals surface area contributed by atoms with Gasteiger partial charge in [-0.05, 0) is 35.9 Å². The Labute approximate surface area is 154 Å². The highest BCUT2D eigenvalue weighted by Crippen LogP contribution is 2.28. The van der Waals surface area contributed by atoms with Crippen LogP contribution in [0.3, 0.4) is 0 Å². The molecule has 1 fully saturated rings. The largest absolute Gasteiger partial charge is 0.447 e. The minimum Gasteiger partial charge on any atom is -0.447 e. The molecule has 2 aromatic rings. The summed E-state index contributed by atoms with van der Waals surface area (Å²) < 4.78 is 4.94. The van der Waals surface area contributed by atoms with Gasteiger partial charge in [0.15, 0.2) is 0 Å². The van der Waals surface area contributed by atoms with E-state index in [1.807, 2.05) is 0 Å². The summed E-state index contributed by atoms with van der Waals surface area (Å²) >= 11 is 11.8. The van der Waals surface area contributed by atoms with Crippen molar-refractivity contribution in [3.8, 4) is 0 Å². The second-order valence-corrected chi connectivity index (χ2v) is 6.09. The molecule has 1 aliphatic heterocycles. The van der Waals surface area contributed by atoms with Gasteiger partial charge < -0.3 is 10.1 Å². The van der Waals surface area contributed by atoms with E-state index in [2.05, 4.69) is 5.32 Å². The van der Waals surface area contributed by atoms with Gasteiger partial charge in [0.2, 0.25) is 5.91 Å². The number of para-hydroxylation sites is 2. The third-order valence-corrected chi connectivity index (χ3v) is 4.32. The van der Waals surface area contributed by atoms with E-state index in [1.54, 1.807) is 48.5 Å². The monoisotopic (exact) mass is 376 g/mol. The lowest BCUT2D eigenvalue weighted by atomic mass is 10.2. The maximum Gasteiger partial charge on any atom is 0.414 e. The minimum absolute atomic E-state index is 0.328. The average Bonchev–Trinajstić information content (AvgIpc) is 3.02. The fourth-order valence-corrected chi connectivity index (χ4v) is 2.70. The quantitative estimate of drug-likeness (QED) is 0.793. The van der Waals surface area contributed by atoms with Crippen LogP contribution in [0.15, 0.2) is 48.5 Å². The number of carbonyl (C=O) groups excluding carboxylic acids is 2. The summed E-state index contributed by atoms with van der Waals surface area (Å²) in [5.74, 6) is -0.328.